The van der Waals surface area contributed by atoms with Gasteiger partial charge in [-0.15, -0.1) is 0 Å². The second-order valence-corrected chi connectivity index (χ2v) is 2.39. The van der Waals surface area contributed by atoms with E-state index in [2.05, 4.69) is 5.32 Å². The summed E-state index contributed by atoms with van der Waals surface area (Å²) in [4.78, 5) is 10.3. The van der Waals surface area contributed by atoms with Crippen LogP contribution >= 0.6 is 0 Å². The molecule has 1 saturated heterocycles. The van der Waals surface area contributed by atoms with E-state index in [1.165, 1.54) is 0 Å². The topological polar surface area (TPSA) is 49.3 Å². The molecule has 9 heavy (non-hydrogen) atoms. The molecule has 0 aromatic rings. The fourth-order valence-corrected chi connectivity index (χ4v) is 1.07. The van der Waals surface area contributed by atoms with Crippen molar-refractivity contribution in [1.82, 2.24) is 5.32 Å². The van der Waals surface area contributed by atoms with Gasteiger partial charge in [-0.05, 0) is 5.92 Å². The zero-order chi connectivity index (χ0) is 6.85. The normalized spacial score (nSPS) is 33.4. The van der Waals surface area contributed by atoms with Crippen LogP contribution in [0.25, 0.3) is 0 Å². The Hall–Kier alpha value is -0.570. The number of aliphatic carboxylic acids is 1. The number of carboxylic acid groups (broad SMARTS) is 1. The molecule has 0 aromatic heterocycles. The van der Waals surface area contributed by atoms with Crippen LogP contribution in [-0.4, -0.2) is 23.7 Å². The predicted octanol–water partition coefficient (Wildman–Crippen LogP) is 0.0690. The highest BCUT2D eigenvalue weighted by atomic mass is 16.4. The monoisotopic (exact) mass is 129 g/mol. The van der Waals surface area contributed by atoms with Crippen molar-refractivity contribution in [2.24, 2.45) is 5.92 Å². The maximum atomic E-state index is 10.3. The van der Waals surface area contributed by atoms with Gasteiger partial charge < -0.3 is 10.4 Å². The predicted molar refractivity (Wildman–Crippen MR) is 33.2 cm³/mol. The Morgan fingerprint density at radius 2 is 2.56 bits per heavy atom. The van der Waals surface area contributed by atoms with Crippen LogP contribution < -0.4 is 5.32 Å². The van der Waals surface area contributed by atoms with E-state index in [1.54, 1.807) is 0 Å². The summed E-state index contributed by atoms with van der Waals surface area (Å²) in [5.41, 5.74) is 0. The third-order valence-corrected chi connectivity index (χ3v) is 1.86. The first-order valence-electron chi connectivity index (χ1n) is 3.22. The minimum absolute atomic E-state index is 0.269. The van der Waals surface area contributed by atoms with Crippen molar-refractivity contribution in [1.29, 1.82) is 0 Å². The van der Waals surface area contributed by atoms with E-state index in [9.17, 15) is 4.79 Å². The van der Waals surface area contributed by atoms with Gasteiger partial charge in [-0.25, -0.2) is 0 Å². The average Bonchev–Trinajstić information content (AvgIpc) is 1.61. The number of carboxylic acids is 1. The van der Waals surface area contributed by atoms with Gasteiger partial charge in [-0.2, -0.15) is 0 Å². The van der Waals surface area contributed by atoms with Crippen molar-refractivity contribution in [2.75, 3.05) is 6.54 Å². The highest BCUT2D eigenvalue weighted by Crippen LogP contribution is 2.16. The Bertz CT molecular complexity index is 122. The van der Waals surface area contributed by atoms with Crippen molar-refractivity contribution in [3.63, 3.8) is 0 Å². The van der Waals surface area contributed by atoms with Gasteiger partial charge in [0, 0.05) is 6.54 Å². The Balaban J connectivity index is 2.35. The second-order valence-electron chi connectivity index (χ2n) is 2.39. The van der Waals surface area contributed by atoms with Gasteiger partial charge in [0.05, 0.1) is 0 Å². The van der Waals surface area contributed by atoms with Crippen LogP contribution in [0.1, 0.15) is 13.3 Å². The Morgan fingerprint density at radius 3 is 2.67 bits per heavy atom. The molecule has 0 bridgehead atoms. The molecule has 52 valence electrons. The molecule has 3 nitrogen and oxygen atoms in total. The molecule has 1 aliphatic heterocycles. The summed E-state index contributed by atoms with van der Waals surface area (Å²) >= 11 is 0. The molecule has 0 spiro atoms. The lowest BCUT2D eigenvalue weighted by atomic mass is 9.90. The van der Waals surface area contributed by atoms with Crippen molar-refractivity contribution < 1.29 is 9.90 Å². The number of nitrogens with one attached hydrogen (secondary N) is 1. The van der Waals surface area contributed by atoms with E-state index in [0.29, 0.717) is 5.92 Å². The molecule has 2 N–H and O–H groups in total. The maximum absolute atomic E-state index is 10.3. The van der Waals surface area contributed by atoms with Crippen molar-refractivity contribution in [3.05, 3.63) is 0 Å². The summed E-state index contributed by atoms with van der Waals surface area (Å²) in [5, 5.41) is 11.3. The van der Waals surface area contributed by atoms with Crippen LogP contribution in [0.2, 0.25) is 0 Å². The molecule has 0 aromatic carbocycles. The molecule has 0 radical (unpaired) electrons. The average molecular weight is 129 g/mol. The van der Waals surface area contributed by atoms with Crippen LogP contribution in [0, 0.1) is 5.92 Å². The van der Waals surface area contributed by atoms with Gasteiger partial charge in [-0.1, -0.05) is 13.3 Å². The van der Waals surface area contributed by atoms with Gasteiger partial charge >= 0.3 is 5.97 Å². The van der Waals surface area contributed by atoms with Crippen LogP contribution in [0.4, 0.5) is 0 Å². The number of rotatable bonds is 2. The molecular weight excluding hydrogens is 118 g/mol. The molecule has 0 saturated carbocycles. The summed E-state index contributed by atoms with van der Waals surface area (Å²) in [6.45, 7) is 2.88. The van der Waals surface area contributed by atoms with Gasteiger partial charge in [0.25, 0.3) is 0 Å². The first-order valence-corrected chi connectivity index (χ1v) is 3.22. The van der Waals surface area contributed by atoms with E-state index in [-0.39, 0.29) is 6.04 Å². The van der Waals surface area contributed by atoms with Gasteiger partial charge in [-0.3, -0.25) is 4.79 Å². The summed E-state index contributed by atoms with van der Waals surface area (Å²) in [7, 11) is 0. The van der Waals surface area contributed by atoms with Crippen molar-refractivity contribution in [3.8, 4) is 0 Å². The first kappa shape index (κ1) is 6.55. The van der Waals surface area contributed by atoms with Gasteiger partial charge in [0.1, 0.15) is 6.04 Å². The number of carbonyl (C=O) groups is 1. The van der Waals surface area contributed by atoms with Gasteiger partial charge in [0.2, 0.25) is 0 Å². The first-order chi connectivity index (χ1) is 4.25. The standard InChI is InChI=1S/C6H11NO2/c1-2-4-3-7-5(4)6(8)9/h4-5,7H,2-3H2,1H3,(H,8,9)/t4?,5-/m1/s1. The molecule has 1 rings (SSSR count). The van der Waals surface area contributed by atoms with E-state index in [4.69, 9.17) is 5.11 Å². The fraction of sp³-hybridized carbons (Fsp3) is 0.833. The fourth-order valence-electron chi connectivity index (χ4n) is 1.07. The largest absolute Gasteiger partial charge is 0.480 e. The molecule has 1 heterocycles. The minimum Gasteiger partial charge on any atom is -0.480 e. The molecule has 0 aliphatic carbocycles. The smallest absolute Gasteiger partial charge is 0.321 e. The van der Waals surface area contributed by atoms with E-state index >= 15 is 0 Å². The third kappa shape index (κ3) is 1.05. The highest BCUT2D eigenvalue weighted by molar-refractivity contribution is 5.75. The van der Waals surface area contributed by atoms with Crippen molar-refractivity contribution in [2.45, 2.75) is 19.4 Å². The summed E-state index contributed by atoms with van der Waals surface area (Å²) < 4.78 is 0. The summed E-state index contributed by atoms with van der Waals surface area (Å²) in [6.07, 6.45) is 0.962. The maximum Gasteiger partial charge on any atom is 0.321 e. The molecular formula is C6H11NO2. The SMILES string of the molecule is CCC1CN[C@H]1C(=O)O. The van der Waals surface area contributed by atoms with E-state index in [1.807, 2.05) is 6.92 Å². The second kappa shape index (κ2) is 2.35. The van der Waals surface area contributed by atoms with E-state index < -0.39 is 5.97 Å². The molecule has 1 aliphatic rings. The Labute approximate surface area is 54.1 Å². The van der Waals surface area contributed by atoms with Gasteiger partial charge in [0.15, 0.2) is 0 Å². The molecule has 2 atom stereocenters. The third-order valence-electron chi connectivity index (χ3n) is 1.86. The Morgan fingerprint density at radius 1 is 1.89 bits per heavy atom. The highest BCUT2D eigenvalue weighted by Gasteiger charge is 2.34. The lowest BCUT2D eigenvalue weighted by Crippen LogP contribution is -2.56. The van der Waals surface area contributed by atoms with Crippen LogP contribution in [0.15, 0.2) is 0 Å². The Kier molecular flexibility index (Phi) is 1.71. The molecule has 1 unspecified atom stereocenters. The zero-order valence-corrected chi connectivity index (χ0v) is 5.42. The quantitative estimate of drug-likeness (QED) is 0.554. The number of hydrogen-bond donors (Lipinski definition) is 2. The lowest BCUT2D eigenvalue weighted by molar-refractivity contribution is -0.143. The summed E-state index contributed by atoms with van der Waals surface area (Å²) in [6, 6.07) is -0.269. The van der Waals surface area contributed by atoms with Crippen LogP contribution in [0.3, 0.4) is 0 Å². The van der Waals surface area contributed by atoms with Crippen LogP contribution in [0.5, 0.6) is 0 Å². The summed E-state index contributed by atoms with van der Waals surface area (Å²) in [5.74, 6) is -0.351. The zero-order valence-electron chi connectivity index (χ0n) is 5.42. The van der Waals surface area contributed by atoms with Crippen molar-refractivity contribution >= 4 is 5.97 Å². The molecule has 3 heteroatoms. The lowest BCUT2D eigenvalue weighted by Gasteiger charge is -2.33. The number of hydrogen-bond acceptors (Lipinski definition) is 2. The minimum atomic E-state index is -0.715. The van der Waals surface area contributed by atoms with Crippen LogP contribution in [-0.2, 0) is 4.79 Å². The molecule has 0 amide bonds. The van der Waals surface area contributed by atoms with E-state index in [0.717, 1.165) is 13.0 Å². The molecule has 1 fully saturated rings.